The van der Waals surface area contributed by atoms with Crippen LogP contribution in [0.1, 0.15) is 42.9 Å². The van der Waals surface area contributed by atoms with Gasteiger partial charge in [0.2, 0.25) is 11.8 Å². The van der Waals surface area contributed by atoms with Crippen LogP contribution in [0, 0.1) is 5.92 Å². The average Bonchev–Trinajstić information content (AvgIpc) is 3.11. The van der Waals surface area contributed by atoms with E-state index in [1.807, 2.05) is 0 Å². The number of primary amides is 1. The van der Waals surface area contributed by atoms with E-state index in [1.54, 1.807) is 4.90 Å². The topological polar surface area (TPSA) is 95.7 Å². The number of halogens is 3. The SMILES string of the molecule is NC(=O)N1CCC[C@@H](C(=O)N[C@H](CN2CCCC2=O)c2cccc(C(F)(F)F)c2)C1. The Morgan fingerprint density at radius 1 is 1.23 bits per heavy atom. The Balaban J connectivity index is 1.80. The summed E-state index contributed by atoms with van der Waals surface area (Å²) in [7, 11) is 0. The lowest BCUT2D eigenvalue weighted by Gasteiger charge is -2.32. The summed E-state index contributed by atoms with van der Waals surface area (Å²) >= 11 is 0. The molecule has 3 rings (SSSR count). The Labute approximate surface area is 172 Å². The monoisotopic (exact) mass is 426 g/mol. The second-order valence-corrected chi connectivity index (χ2v) is 7.75. The number of rotatable bonds is 5. The quantitative estimate of drug-likeness (QED) is 0.756. The number of amides is 4. The van der Waals surface area contributed by atoms with Gasteiger partial charge in [-0.15, -0.1) is 0 Å². The van der Waals surface area contributed by atoms with Gasteiger partial charge >= 0.3 is 12.2 Å². The molecule has 30 heavy (non-hydrogen) atoms. The smallest absolute Gasteiger partial charge is 0.351 e. The minimum Gasteiger partial charge on any atom is -0.351 e. The highest BCUT2D eigenvalue weighted by Gasteiger charge is 2.33. The molecule has 0 aliphatic carbocycles. The van der Waals surface area contributed by atoms with Gasteiger partial charge in [0, 0.05) is 32.6 Å². The largest absolute Gasteiger partial charge is 0.416 e. The number of nitrogens with two attached hydrogens (primary N) is 1. The molecule has 2 aliphatic rings. The van der Waals surface area contributed by atoms with Crippen LogP contribution in [-0.4, -0.2) is 53.8 Å². The number of carbonyl (C=O) groups is 3. The van der Waals surface area contributed by atoms with E-state index in [1.165, 1.54) is 17.0 Å². The molecule has 2 fully saturated rings. The molecule has 3 N–H and O–H groups in total. The molecule has 2 heterocycles. The highest BCUT2D eigenvalue weighted by Crippen LogP contribution is 2.31. The van der Waals surface area contributed by atoms with Crippen molar-refractivity contribution in [2.75, 3.05) is 26.2 Å². The van der Waals surface area contributed by atoms with Gasteiger partial charge in [0.15, 0.2) is 0 Å². The van der Waals surface area contributed by atoms with E-state index in [-0.39, 0.29) is 30.5 Å². The van der Waals surface area contributed by atoms with Crippen LogP contribution in [-0.2, 0) is 15.8 Å². The van der Waals surface area contributed by atoms with Gasteiger partial charge in [0.25, 0.3) is 0 Å². The van der Waals surface area contributed by atoms with E-state index in [2.05, 4.69) is 5.32 Å². The van der Waals surface area contributed by atoms with Crippen molar-refractivity contribution in [2.24, 2.45) is 11.7 Å². The Morgan fingerprint density at radius 2 is 2.00 bits per heavy atom. The number of benzene rings is 1. The molecule has 2 aliphatic heterocycles. The van der Waals surface area contributed by atoms with E-state index in [0.29, 0.717) is 38.8 Å². The van der Waals surface area contributed by atoms with E-state index in [9.17, 15) is 27.6 Å². The lowest BCUT2D eigenvalue weighted by Crippen LogP contribution is -2.48. The molecule has 1 aromatic rings. The maximum absolute atomic E-state index is 13.2. The summed E-state index contributed by atoms with van der Waals surface area (Å²) in [6.45, 7) is 1.23. The second kappa shape index (κ2) is 8.93. The van der Waals surface area contributed by atoms with Gasteiger partial charge in [-0.3, -0.25) is 9.59 Å². The van der Waals surface area contributed by atoms with Crippen molar-refractivity contribution in [3.8, 4) is 0 Å². The van der Waals surface area contributed by atoms with Crippen LogP contribution in [0.25, 0.3) is 0 Å². The second-order valence-electron chi connectivity index (χ2n) is 7.75. The molecule has 10 heteroatoms. The number of alkyl halides is 3. The summed E-state index contributed by atoms with van der Waals surface area (Å²) < 4.78 is 39.5. The summed E-state index contributed by atoms with van der Waals surface area (Å²) in [5.41, 5.74) is 4.77. The summed E-state index contributed by atoms with van der Waals surface area (Å²) in [5.74, 6) is -0.956. The van der Waals surface area contributed by atoms with Crippen molar-refractivity contribution in [3.63, 3.8) is 0 Å². The van der Waals surface area contributed by atoms with Gasteiger partial charge in [-0.05, 0) is 37.0 Å². The molecule has 0 saturated carbocycles. The number of nitrogens with zero attached hydrogens (tertiary/aromatic N) is 2. The number of nitrogens with one attached hydrogen (secondary N) is 1. The lowest BCUT2D eigenvalue weighted by atomic mass is 9.96. The molecule has 7 nitrogen and oxygen atoms in total. The molecule has 0 unspecified atom stereocenters. The normalized spacial score (nSPS) is 20.9. The average molecular weight is 426 g/mol. The zero-order chi connectivity index (χ0) is 21.9. The molecular formula is C20H25F3N4O3. The maximum Gasteiger partial charge on any atom is 0.416 e. The molecule has 0 aromatic heterocycles. The van der Waals surface area contributed by atoms with Crippen LogP contribution in [0.2, 0.25) is 0 Å². The molecule has 0 radical (unpaired) electrons. The summed E-state index contributed by atoms with van der Waals surface area (Å²) in [4.78, 5) is 39.3. The number of carbonyl (C=O) groups excluding carboxylic acids is 3. The third kappa shape index (κ3) is 5.22. The van der Waals surface area contributed by atoms with E-state index >= 15 is 0 Å². The Bertz CT molecular complexity index is 815. The first kappa shape index (κ1) is 21.9. The Morgan fingerprint density at radius 3 is 2.63 bits per heavy atom. The van der Waals surface area contributed by atoms with Crippen molar-refractivity contribution in [2.45, 2.75) is 37.9 Å². The standard InChI is InChI=1S/C20H25F3N4O3/c21-20(22,23)15-6-1-4-13(10-15)16(12-26-8-3-7-17(26)28)25-18(29)14-5-2-9-27(11-14)19(24)30/h1,4,6,10,14,16H,2-3,5,7-9,11-12H2,(H2,24,30)(H,25,29)/t14-,16-/m1/s1. The third-order valence-electron chi connectivity index (χ3n) is 5.61. The van der Waals surface area contributed by atoms with Crippen molar-refractivity contribution in [1.29, 1.82) is 0 Å². The molecule has 2 saturated heterocycles. The van der Waals surface area contributed by atoms with Crippen LogP contribution >= 0.6 is 0 Å². The zero-order valence-corrected chi connectivity index (χ0v) is 16.5. The summed E-state index contributed by atoms with van der Waals surface area (Å²) in [6, 6.07) is 3.38. The first-order chi connectivity index (χ1) is 14.1. The van der Waals surface area contributed by atoms with E-state index in [4.69, 9.17) is 5.73 Å². The van der Waals surface area contributed by atoms with Gasteiger partial charge < -0.3 is 20.9 Å². The van der Waals surface area contributed by atoms with Crippen LogP contribution in [0.15, 0.2) is 24.3 Å². The third-order valence-corrected chi connectivity index (χ3v) is 5.61. The maximum atomic E-state index is 13.2. The molecule has 2 atom stereocenters. The van der Waals surface area contributed by atoms with Crippen molar-refractivity contribution < 1.29 is 27.6 Å². The summed E-state index contributed by atoms with van der Waals surface area (Å²) in [5, 5.41) is 2.81. The van der Waals surface area contributed by atoms with Crippen LogP contribution in [0.4, 0.5) is 18.0 Å². The number of urea groups is 1. The minimum atomic E-state index is -4.51. The van der Waals surface area contributed by atoms with Gasteiger partial charge in [0.05, 0.1) is 17.5 Å². The molecule has 0 bridgehead atoms. The van der Waals surface area contributed by atoms with Gasteiger partial charge in [-0.2, -0.15) is 13.2 Å². The van der Waals surface area contributed by atoms with Gasteiger partial charge in [-0.1, -0.05) is 12.1 Å². The molecular weight excluding hydrogens is 401 g/mol. The predicted molar refractivity (Wildman–Crippen MR) is 102 cm³/mol. The van der Waals surface area contributed by atoms with Crippen LogP contribution < -0.4 is 11.1 Å². The first-order valence-electron chi connectivity index (χ1n) is 9.95. The van der Waals surface area contributed by atoms with Crippen LogP contribution in [0.5, 0.6) is 0 Å². The van der Waals surface area contributed by atoms with Crippen LogP contribution in [0.3, 0.4) is 0 Å². The molecule has 4 amide bonds. The van der Waals surface area contributed by atoms with Crippen molar-refractivity contribution in [3.05, 3.63) is 35.4 Å². The van der Waals surface area contributed by atoms with E-state index in [0.717, 1.165) is 12.1 Å². The summed E-state index contributed by atoms with van der Waals surface area (Å²) in [6.07, 6.45) is -2.29. The van der Waals surface area contributed by atoms with Crippen molar-refractivity contribution >= 4 is 17.8 Å². The number of likely N-dealkylation sites (tertiary alicyclic amines) is 2. The molecule has 1 aromatic carbocycles. The lowest BCUT2D eigenvalue weighted by molar-refractivity contribution is -0.137. The van der Waals surface area contributed by atoms with Gasteiger partial charge in [0.1, 0.15) is 0 Å². The Kier molecular flexibility index (Phi) is 6.52. The highest BCUT2D eigenvalue weighted by molar-refractivity contribution is 5.81. The fraction of sp³-hybridized carbons (Fsp3) is 0.550. The molecule has 164 valence electrons. The number of hydrogen-bond donors (Lipinski definition) is 2. The van der Waals surface area contributed by atoms with Gasteiger partial charge in [-0.25, -0.2) is 4.79 Å². The number of hydrogen-bond acceptors (Lipinski definition) is 3. The zero-order valence-electron chi connectivity index (χ0n) is 16.5. The fourth-order valence-corrected chi connectivity index (χ4v) is 3.96. The highest BCUT2D eigenvalue weighted by atomic mass is 19.4. The minimum absolute atomic E-state index is 0.0844. The Hall–Kier alpha value is -2.78. The fourth-order valence-electron chi connectivity index (χ4n) is 3.96. The van der Waals surface area contributed by atoms with Crippen molar-refractivity contribution in [1.82, 2.24) is 15.1 Å². The predicted octanol–water partition coefficient (Wildman–Crippen LogP) is 2.28. The first-order valence-corrected chi connectivity index (χ1v) is 9.95. The molecule has 0 spiro atoms. The van der Waals surface area contributed by atoms with E-state index < -0.39 is 29.7 Å². The number of piperidine rings is 1.